The molecule has 0 unspecified atom stereocenters. The first kappa shape index (κ1) is 13.5. The van der Waals surface area contributed by atoms with Crippen LogP contribution in [0.1, 0.15) is 21.1 Å². The van der Waals surface area contributed by atoms with E-state index in [9.17, 15) is 9.59 Å². The molecule has 98 valence electrons. The molecule has 0 bridgehead atoms. The highest BCUT2D eigenvalue weighted by Crippen LogP contribution is 2.23. The topological polar surface area (TPSA) is 79.5 Å². The lowest BCUT2D eigenvalue weighted by Crippen LogP contribution is -2.10. The second kappa shape index (κ2) is 5.34. The highest BCUT2D eigenvalue weighted by Gasteiger charge is 2.15. The first-order chi connectivity index (χ1) is 8.95. The van der Waals surface area contributed by atoms with Gasteiger partial charge in [-0.1, -0.05) is 23.2 Å². The maximum absolute atomic E-state index is 11.8. The number of carbonyl (C=O) groups is 2. The molecule has 0 aliphatic heterocycles. The molecule has 19 heavy (non-hydrogen) atoms. The Morgan fingerprint density at radius 1 is 1.05 bits per heavy atom. The summed E-state index contributed by atoms with van der Waals surface area (Å²) in [5.74, 6) is -2.27. The number of carboxylic acid groups (broad SMARTS) is 1. The van der Waals surface area contributed by atoms with Gasteiger partial charge in [0.1, 0.15) is 0 Å². The van der Waals surface area contributed by atoms with Gasteiger partial charge in [-0.3, -0.25) is 4.79 Å². The van der Waals surface area contributed by atoms with E-state index in [1.807, 2.05) is 0 Å². The molecule has 2 rings (SSSR count). The molecule has 2 aromatic rings. The van der Waals surface area contributed by atoms with Gasteiger partial charge in [0.15, 0.2) is 5.76 Å². The van der Waals surface area contributed by atoms with E-state index in [1.165, 1.54) is 30.3 Å². The lowest BCUT2D eigenvalue weighted by atomic mass is 10.3. The van der Waals surface area contributed by atoms with Crippen LogP contribution in [0.5, 0.6) is 0 Å². The summed E-state index contributed by atoms with van der Waals surface area (Å²) in [6.45, 7) is 0. The number of rotatable bonds is 3. The second-order valence-corrected chi connectivity index (χ2v) is 4.45. The zero-order valence-electron chi connectivity index (χ0n) is 9.31. The van der Waals surface area contributed by atoms with Crippen molar-refractivity contribution in [3.8, 4) is 0 Å². The quantitative estimate of drug-likeness (QED) is 0.908. The van der Waals surface area contributed by atoms with Gasteiger partial charge in [-0.25, -0.2) is 4.79 Å². The van der Waals surface area contributed by atoms with Gasteiger partial charge >= 0.3 is 5.97 Å². The van der Waals surface area contributed by atoms with Gasteiger partial charge in [0.25, 0.3) is 5.91 Å². The Kier molecular flexibility index (Phi) is 3.78. The molecule has 2 N–H and O–H groups in total. The van der Waals surface area contributed by atoms with Gasteiger partial charge in [0.05, 0.1) is 0 Å². The van der Waals surface area contributed by atoms with Crippen LogP contribution in [0.15, 0.2) is 34.7 Å². The second-order valence-electron chi connectivity index (χ2n) is 3.58. The summed E-state index contributed by atoms with van der Waals surface area (Å²) in [6.07, 6.45) is 0. The molecule has 0 atom stereocenters. The molecule has 7 heteroatoms. The third kappa shape index (κ3) is 3.27. The summed E-state index contributed by atoms with van der Waals surface area (Å²) in [7, 11) is 0. The van der Waals surface area contributed by atoms with E-state index in [4.69, 9.17) is 32.7 Å². The SMILES string of the molecule is O=C(O)c1ccc(C(=O)Nc2cc(Cl)cc(Cl)c2)o1. The van der Waals surface area contributed by atoms with Crippen molar-refractivity contribution in [1.82, 2.24) is 0 Å². The largest absolute Gasteiger partial charge is 0.475 e. The summed E-state index contributed by atoms with van der Waals surface area (Å²) in [4.78, 5) is 22.4. The number of anilines is 1. The third-order valence-electron chi connectivity index (χ3n) is 2.16. The molecule has 5 nitrogen and oxygen atoms in total. The standard InChI is InChI=1S/C12H7Cl2NO4/c13-6-3-7(14)5-8(4-6)15-11(16)9-1-2-10(19-9)12(17)18/h1-5H,(H,15,16)(H,17,18). The monoisotopic (exact) mass is 299 g/mol. The molecular formula is C12H7Cl2NO4. The average molecular weight is 300 g/mol. The number of carbonyl (C=O) groups excluding carboxylic acids is 1. The average Bonchev–Trinajstić information content (AvgIpc) is 2.76. The van der Waals surface area contributed by atoms with Crippen molar-refractivity contribution in [1.29, 1.82) is 0 Å². The molecule has 0 saturated carbocycles. The Morgan fingerprint density at radius 2 is 1.63 bits per heavy atom. The predicted molar refractivity (Wildman–Crippen MR) is 70.1 cm³/mol. The Hall–Kier alpha value is -1.98. The molecule has 0 fully saturated rings. The van der Waals surface area contributed by atoms with Crippen molar-refractivity contribution < 1.29 is 19.1 Å². The molecule has 1 heterocycles. The fourth-order valence-corrected chi connectivity index (χ4v) is 1.92. The van der Waals surface area contributed by atoms with Crippen molar-refractivity contribution in [2.24, 2.45) is 0 Å². The molecule has 1 aromatic carbocycles. The van der Waals surface area contributed by atoms with Crippen LogP contribution in [0.3, 0.4) is 0 Å². The van der Waals surface area contributed by atoms with Crippen LogP contribution < -0.4 is 5.32 Å². The van der Waals surface area contributed by atoms with Crippen LogP contribution in [0.25, 0.3) is 0 Å². The van der Waals surface area contributed by atoms with E-state index < -0.39 is 11.9 Å². The minimum Gasteiger partial charge on any atom is -0.475 e. The van der Waals surface area contributed by atoms with Crippen molar-refractivity contribution in [2.45, 2.75) is 0 Å². The Bertz CT molecular complexity index is 631. The Balaban J connectivity index is 2.18. The van der Waals surface area contributed by atoms with Crippen LogP contribution in [0, 0.1) is 0 Å². The summed E-state index contributed by atoms with van der Waals surface area (Å²) in [5, 5.41) is 11.9. The minimum atomic E-state index is -1.25. The lowest BCUT2D eigenvalue weighted by molar-refractivity contribution is 0.0660. The number of amides is 1. The highest BCUT2D eigenvalue weighted by atomic mass is 35.5. The fourth-order valence-electron chi connectivity index (χ4n) is 1.39. The van der Waals surface area contributed by atoms with E-state index in [0.29, 0.717) is 15.7 Å². The fraction of sp³-hybridized carbons (Fsp3) is 0. The third-order valence-corrected chi connectivity index (χ3v) is 2.60. The number of aromatic carboxylic acids is 1. The Labute approximate surface area is 117 Å². The smallest absolute Gasteiger partial charge is 0.371 e. The van der Waals surface area contributed by atoms with Gasteiger partial charge in [-0.2, -0.15) is 0 Å². The molecule has 0 aliphatic carbocycles. The molecule has 1 amide bonds. The van der Waals surface area contributed by atoms with Gasteiger partial charge in [0, 0.05) is 15.7 Å². The van der Waals surface area contributed by atoms with Crippen molar-refractivity contribution in [3.05, 3.63) is 51.9 Å². The van der Waals surface area contributed by atoms with Crippen LogP contribution in [-0.2, 0) is 0 Å². The number of halogens is 2. The molecule has 0 radical (unpaired) electrons. The zero-order valence-corrected chi connectivity index (χ0v) is 10.8. The Morgan fingerprint density at radius 3 is 2.16 bits per heavy atom. The van der Waals surface area contributed by atoms with Gasteiger partial charge in [0.2, 0.25) is 5.76 Å². The van der Waals surface area contributed by atoms with Crippen LogP contribution in [0.2, 0.25) is 10.0 Å². The number of carboxylic acids is 1. The summed E-state index contributed by atoms with van der Waals surface area (Å²) in [5.41, 5.74) is 0.385. The number of furan rings is 1. The maximum atomic E-state index is 11.8. The summed E-state index contributed by atoms with van der Waals surface area (Å²) >= 11 is 11.6. The molecule has 1 aromatic heterocycles. The van der Waals surface area contributed by atoms with Crippen LogP contribution in [0.4, 0.5) is 5.69 Å². The van der Waals surface area contributed by atoms with Gasteiger partial charge < -0.3 is 14.8 Å². The van der Waals surface area contributed by atoms with E-state index in [1.54, 1.807) is 0 Å². The summed E-state index contributed by atoms with van der Waals surface area (Å²) in [6, 6.07) is 7.00. The van der Waals surface area contributed by atoms with Gasteiger partial charge in [-0.15, -0.1) is 0 Å². The van der Waals surface area contributed by atoms with Crippen LogP contribution >= 0.6 is 23.2 Å². The number of benzene rings is 1. The van der Waals surface area contributed by atoms with E-state index >= 15 is 0 Å². The lowest BCUT2D eigenvalue weighted by Gasteiger charge is -2.04. The maximum Gasteiger partial charge on any atom is 0.371 e. The zero-order chi connectivity index (χ0) is 14.0. The molecule has 0 aliphatic rings. The number of hydrogen-bond acceptors (Lipinski definition) is 3. The van der Waals surface area contributed by atoms with Crippen molar-refractivity contribution >= 4 is 40.8 Å². The summed E-state index contributed by atoms with van der Waals surface area (Å²) < 4.78 is 4.86. The van der Waals surface area contributed by atoms with E-state index in [0.717, 1.165) is 0 Å². The number of nitrogens with one attached hydrogen (secondary N) is 1. The predicted octanol–water partition coefficient (Wildman–Crippen LogP) is 3.54. The van der Waals surface area contributed by atoms with E-state index in [-0.39, 0.29) is 11.5 Å². The number of hydrogen-bond donors (Lipinski definition) is 2. The minimum absolute atomic E-state index is 0.117. The highest BCUT2D eigenvalue weighted by molar-refractivity contribution is 6.35. The van der Waals surface area contributed by atoms with Crippen molar-refractivity contribution in [2.75, 3.05) is 5.32 Å². The molecule has 0 saturated heterocycles. The van der Waals surface area contributed by atoms with Crippen LogP contribution in [-0.4, -0.2) is 17.0 Å². The van der Waals surface area contributed by atoms with Gasteiger partial charge in [-0.05, 0) is 30.3 Å². The first-order valence-electron chi connectivity index (χ1n) is 5.06. The normalized spacial score (nSPS) is 10.2. The first-order valence-corrected chi connectivity index (χ1v) is 5.82. The molecule has 0 spiro atoms. The molecular weight excluding hydrogens is 293 g/mol. The van der Waals surface area contributed by atoms with E-state index in [2.05, 4.69) is 5.32 Å². The van der Waals surface area contributed by atoms with Crippen molar-refractivity contribution in [3.63, 3.8) is 0 Å².